The molecule has 7 nitrogen and oxygen atoms in total. The van der Waals surface area contributed by atoms with E-state index >= 15 is 0 Å². The Kier molecular flexibility index (Phi) is 5.26. The summed E-state index contributed by atoms with van der Waals surface area (Å²) in [5, 5.41) is 1.08. The summed E-state index contributed by atoms with van der Waals surface area (Å²) in [4.78, 5) is 27.2. The Bertz CT molecular complexity index is 760. The fraction of sp³-hybridized carbons (Fsp3) is 0.526. The maximum Gasteiger partial charge on any atom is 0.248 e. The first-order valence-electron chi connectivity index (χ1n) is 9.32. The molecule has 2 aromatic rings. The molecule has 26 heavy (non-hydrogen) atoms. The van der Waals surface area contributed by atoms with Crippen LogP contribution in [0.25, 0.3) is 10.9 Å². The van der Waals surface area contributed by atoms with Crippen LogP contribution in [-0.2, 0) is 9.53 Å². The van der Waals surface area contributed by atoms with Gasteiger partial charge in [-0.1, -0.05) is 0 Å². The number of carbonyl (C=O) groups excluding carboxylic acids is 1. The van der Waals surface area contributed by atoms with Crippen LogP contribution >= 0.6 is 0 Å². The van der Waals surface area contributed by atoms with Crippen LogP contribution in [0.15, 0.2) is 30.7 Å². The van der Waals surface area contributed by atoms with Crippen LogP contribution in [0.2, 0.25) is 0 Å². The minimum absolute atomic E-state index is 0.125. The molecule has 0 atom stereocenters. The van der Waals surface area contributed by atoms with Crippen LogP contribution in [0.1, 0.15) is 6.42 Å². The van der Waals surface area contributed by atoms with Gasteiger partial charge in [-0.05, 0) is 24.6 Å². The number of amides is 1. The zero-order valence-electron chi connectivity index (χ0n) is 15.0. The molecule has 0 aliphatic carbocycles. The monoisotopic (exact) mass is 355 g/mol. The molecule has 0 spiro atoms. The Morgan fingerprint density at radius 3 is 2.85 bits per heavy atom. The number of anilines is 1. The molecule has 0 bridgehead atoms. The van der Waals surface area contributed by atoms with Gasteiger partial charge >= 0.3 is 0 Å². The zero-order valence-corrected chi connectivity index (χ0v) is 15.0. The van der Waals surface area contributed by atoms with Crippen molar-refractivity contribution in [2.24, 2.45) is 0 Å². The topological polar surface area (TPSA) is 61.8 Å². The quantitative estimate of drug-likeness (QED) is 0.815. The summed E-state index contributed by atoms with van der Waals surface area (Å²) in [6, 6.07) is 6.37. The van der Waals surface area contributed by atoms with E-state index in [0.717, 1.165) is 63.1 Å². The molecule has 4 rings (SSSR count). The Hall–Kier alpha value is -2.25. The third-order valence-electron chi connectivity index (χ3n) is 5.21. The lowest BCUT2D eigenvalue weighted by Gasteiger charge is -2.37. The molecule has 0 N–H and O–H groups in total. The van der Waals surface area contributed by atoms with Crippen molar-refractivity contribution >= 4 is 22.5 Å². The van der Waals surface area contributed by atoms with E-state index in [1.54, 1.807) is 6.33 Å². The van der Waals surface area contributed by atoms with Crippen molar-refractivity contribution in [2.45, 2.75) is 6.42 Å². The molecule has 0 radical (unpaired) electrons. The first kappa shape index (κ1) is 17.2. The molecule has 1 aromatic heterocycles. The van der Waals surface area contributed by atoms with Crippen LogP contribution in [0.4, 0.5) is 5.69 Å². The van der Waals surface area contributed by atoms with Crippen LogP contribution in [0.3, 0.4) is 0 Å². The van der Waals surface area contributed by atoms with Crippen LogP contribution in [0.5, 0.6) is 0 Å². The summed E-state index contributed by atoms with van der Waals surface area (Å²) in [5.41, 5.74) is 2.21. The highest BCUT2D eigenvalue weighted by atomic mass is 16.5. The smallest absolute Gasteiger partial charge is 0.248 e. The van der Waals surface area contributed by atoms with E-state index < -0.39 is 0 Å². The van der Waals surface area contributed by atoms with Gasteiger partial charge in [-0.25, -0.2) is 9.97 Å². The van der Waals surface area contributed by atoms with Crippen molar-refractivity contribution in [3.05, 3.63) is 30.7 Å². The van der Waals surface area contributed by atoms with Crippen molar-refractivity contribution in [1.82, 2.24) is 19.8 Å². The molecule has 7 heteroatoms. The number of rotatable bonds is 4. The van der Waals surface area contributed by atoms with Gasteiger partial charge in [-0.2, -0.15) is 0 Å². The normalized spacial score (nSPS) is 19.8. The standard InChI is InChI=1S/C19H25N5O2/c25-19-14-26-11-1-4-24(19)10-7-22-5-8-23(9-6-22)17-2-3-18-16(12-17)13-20-15-21-18/h2-3,12-13,15H,1,4-11,14H2. The van der Waals surface area contributed by atoms with E-state index in [2.05, 4.69) is 38.0 Å². The lowest BCUT2D eigenvalue weighted by Crippen LogP contribution is -2.49. The molecule has 2 fully saturated rings. The highest BCUT2D eigenvalue weighted by Crippen LogP contribution is 2.21. The van der Waals surface area contributed by atoms with Crippen LogP contribution in [0, 0.1) is 0 Å². The van der Waals surface area contributed by atoms with Gasteiger partial charge in [-0.3, -0.25) is 9.69 Å². The molecule has 2 saturated heterocycles. The van der Waals surface area contributed by atoms with E-state index in [1.165, 1.54) is 5.69 Å². The van der Waals surface area contributed by atoms with Gasteiger partial charge in [0.2, 0.25) is 5.91 Å². The molecule has 138 valence electrons. The molecule has 0 saturated carbocycles. The summed E-state index contributed by atoms with van der Waals surface area (Å²) in [7, 11) is 0. The highest BCUT2D eigenvalue weighted by molar-refractivity contribution is 5.81. The van der Waals surface area contributed by atoms with E-state index in [0.29, 0.717) is 6.61 Å². The van der Waals surface area contributed by atoms with Crippen LogP contribution < -0.4 is 4.90 Å². The molecule has 2 aliphatic heterocycles. The molecule has 1 aromatic carbocycles. The number of nitrogens with zero attached hydrogens (tertiary/aromatic N) is 5. The number of carbonyl (C=O) groups is 1. The van der Waals surface area contributed by atoms with Crippen molar-refractivity contribution in [3.8, 4) is 0 Å². The van der Waals surface area contributed by atoms with Gasteiger partial charge in [0.05, 0.1) is 5.52 Å². The molecule has 1 amide bonds. The van der Waals surface area contributed by atoms with Gasteiger partial charge in [0.1, 0.15) is 12.9 Å². The summed E-state index contributed by atoms with van der Waals surface area (Å²) in [5.74, 6) is 0.125. The summed E-state index contributed by atoms with van der Waals surface area (Å²) >= 11 is 0. The Balaban J connectivity index is 1.30. The third-order valence-corrected chi connectivity index (χ3v) is 5.21. The number of aromatic nitrogens is 2. The maximum atomic E-state index is 12.0. The zero-order chi connectivity index (χ0) is 17.8. The average molecular weight is 355 g/mol. The molecule has 2 aliphatic rings. The second-order valence-corrected chi connectivity index (χ2v) is 6.88. The minimum Gasteiger partial charge on any atom is -0.372 e. The van der Waals surface area contributed by atoms with Crippen molar-refractivity contribution in [2.75, 3.05) is 63.9 Å². The number of benzene rings is 1. The molecular weight excluding hydrogens is 330 g/mol. The first-order chi connectivity index (χ1) is 12.8. The average Bonchev–Trinajstić information content (AvgIpc) is 2.90. The lowest BCUT2D eigenvalue weighted by molar-refractivity contribution is -0.134. The predicted molar refractivity (Wildman–Crippen MR) is 100 cm³/mol. The van der Waals surface area contributed by atoms with E-state index in [1.807, 2.05) is 11.1 Å². The van der Waals surface area contributed by atoms with Crippen molar-refractivity contribution in [1.29, 1.82) is 0 Å². The minimum atomic E-state index is 0.125. The molecular formula is C19H25N5O2. The largest absolute Gasteiger partial charge is 0.372 e. The highest BCUT2D eigenvalue weighted by Gasteiger charge is 2.21. The first-order valence-corrected chi connectivity index (χ1v) is 9.32. The maximum absolute atomic E-state index is 12.0. The fourth-order valence-corrected chi connectivity index (χ4v) is 3.63. The van der Waals surface area contributed by atoms with E-state index in [9.17, 15) is 4.79 Å². The van der Waals surface area contributed by atoms with Gasteiger partial charge in [0, 0.05) is 69.7 Å². The number of piperazine rings is 1. The number of hydrogen-bond donors (Lipinski definition) is 0. The van der Waals surface area contributed by atoms with E-state index in [-0.39, 0.29) is 12.5 Å². The second-order valence-electron chi connectivity index (χ2n) is 6.88. The summed E-state index contributed by atoms with van der Waals surface area (Å²) in [6.45, 7) is 7.51. The number of fused-ring (bicyclic) bond motifs is 1. The van der Waals surface area contributed by atoms with Gasteiger partial charge < -0.3 is 14.5 Å². The van der Waals surface area contributed by atoms with Gasteiger partial charge in [0.25, 0.3) is 0 Å². The summed E-state index contributed by atoms with van der Waals surface area (Å²) < 4.78 is 5.30. The fourth-order valence-electron chi connectivity index (χ4n) is 3.63. The lowest BCUT2D eigenvalue weighted by atomic mass is 10.2. The van der Waals surface area contributed by atoms with Gasteiger partial charge in [0.15, 0.2) is 0 Å². The Morgan fingerprint density at radius 2 is 1.96 bits per heavy atom. The third kappa shape index (κ3) is 3.94. The van der Waals surface area contributed by atoms with Crippen LogP contribution in [-0.4, -0.2) is 84.7 Å². The Labute approximate surface area is 153 Å². The number of hydrogen-bond acceptors (Lipinski definition) is 6. The molecule has 0 unspecified atom stereocenters. The van der Waals surface area contributed by atoms with Crippen molar-refractivity contribution < 1.29 is 9.53 Å². The Morgan fingerprint density at radius 1 is 1.08 bits per heavy atom. The molecule has 3 heterocycles. The van der Waals surface area contributed by atoms with Crippen molar-refractivity contribution in [3.63, 3.8) is 0 Å². The van der Waals surface area contributed by atoms with E-state index in [4.69, 9.17) is 4.74 Å². The summed E-state index contributed by atoms with van der Waals surface area (Å²) in [6.07, 6.45) is 4.39. The number of ether oxygens (including phenoxy) is 1. The van der Waals surface area contributed by atoms with Gasteiger partial charge in [-0.15, -0.1) is 0 Å². The SMILES string of the molecule is O=C1COCCCN1CCN1CCN(c2ccc3ncncc3c2)CC1. The predicted octanol–water partition coefficient (Wildman–Crippen LogP) is 1.00. The second kappa shape index (κ2) is 7.97.